The van der Waals surface area contributed by atoms with Crippen molar-refractivity contribution in [2.45, 2.75) is 25.3 Å². The Morgan fingerprint density at radius 3 is 2.82 bits per heavy atom. The summed E-state index contributed by atoms with van der Waals surface area (Å²) in [6.45, 7) is 1.67. The average molecular weight is 297 g/mol. The molecule has 0 aliphatic carbocycles. The summed E-state index contributed by atoms with van der Waals surface area (Å²) in [6.07, 6.45) is 2.95. The van der Waals surface area contributed by atoms with Gasteiger partial charge in [0.2, 0.25) is 5.91 Å². The van der Waals surface area contributed by atoms with Crippen LogP contribution in [0.2, 0.25) is 0 Å². The van der Waals surface area contributed by atoms with Crippen molar-refractivity contribution in [2.75, 3.05) is 13.1 Å². The van der Waals surface area contributed by atoms with Crippen LogP contribution in [0.1, 0.15) is 18.4 Å². The predicted octanol–water partition coefficient (Wildman–Crippen LogP) is 1.86. The Bertz CT molecular complexity index is 372. The standard InChI is InChI=1S/C13H17BrN2O/c14-11-5-3-10(4-6-11)7-9-16-13(17)12-2-1-8-15-12/h3-6,12,15H,1-2,7-9H2,(H,16,17). The van der Waals surface area contributed by atoms with E-state index in [0.717, 1.165) is 30.3 Å². The fourth-order valence-electron chi connectivity index (χ4n) is 2.01. The van der Waals surface area contributed by atoms with Crippen molar-refractivity contribution < 1.29 is 4.79 Å². The third kappa shape index (κ3) is 3.82. The molecule has 0 bridgehead atoms. The molecule has 4 heteroatoms. The summed E-state index contributed by atoms with van der Waals surface area (Å²) in [4.78, 5) is 11.7. The second-order valence-corrected chi connectivity index (χ2v) is 5.23. The van der Waals surface area contributed by atoms with E-state index in [9.17, 15) is 4.79 Å². The molecule has 1 aliphatic rings. The van der Waals surface area contributed by atoms with Gasteiger partial charge in [0, 0.05) is 11.0 Å². The van der Waals surface area contributed by atoms with Gasteiger partial charge < -0.3 is 10.6 Å². The van der Waals surface area contributed by atoms with Gasteiger partial charge in [-0.15, -0.1) is 0 Å². The highest BCUT2D eigenvalue weighted by atomic mass is 79.9. The van der Waals surface area contributed by atoms with E-state index in [2.05, 4.69) is 38.7 Å². The van der Waals surface area contributed by atoms with Crippen LogP contribution in [0.4, 0.5) is 0 Å². The molecule has 1 atom stereocenters. The molecular weight excluding hydrogens is 280 g/mol. The number of halogens is 1. The highest BCUT2D eigenvalue weighted by molar-refractivity contribution is 9.10. The van der Waals surface area contributed by atoms with Gasteiger partial charge >= 0.3 is 0 Å². The van der Waals surface area contributed by atoms with Crippen LogP contribution in [-0.4, -0.2) is 25.0 Å². The van der Waals surface area contributed by atoms with Crippen molar-refractivity contribution in [3.05, 3.63) is 34.3 Å². The minimum absolute atomic E-state index is 0.0277. The Hall–Kier alpha value is -0.870. The van der Waals surface area contributed by atoms with Crippen LogP contribution in [-0.2, 0) is 11.2 Å². The van der Waals surface area contributed by atoms with Gasteiger partial charge in [-0.1, -0.05) is 28.1 Å². The van der Waals surface area contributed by atoms with E-state index in [1.807, 2.05) is 12.1 Å². The van der Waals surface area contributed by atoms with Gasteiger partial charge in [0.25, 0.3) is 0 Å². The van der Waals surface area contributed by atoms with Crippen molar-refractivity contribution in [2.24, 2.45) is 0 Å². The number of hydrogen-bond donors (Lipinski definition) is 2. The molecule has 1 heterocycles. The van der Waals surface area contributed by atoms with E-state index < -0.39 is 0 Å². The second kappa shape index (κ2) is 6.17. The smallest absolute Gasteiger partial charge is 0.237 e. The van der Waals surface area contributed by atoms with Crippen LogP contribution in [0.3, 0.4) is 0 Å². The molecule has 1 aromatic rings. The van der Waals surface area contributed by atoms with Crippen molar-refractivity contribution >= 4 is 21.8 Å². The van der Waals surface area contributed by atoms with E-state index in [4.69, 9.17) is 0 Å². The Kier molecular flexibility index (Phi) is 4.57. The van der Waals surface area contributed by atoms with Gasteiger partial charge in [0.1, 0.15) is 0 Å². The zero-order valence-electron chi connectivity index (χ0n) is 9.71. The van der Waals surface area contributed by atoms with Crippen LogP contribution in [0.5, 0.6) is 0 Å². The first-order chi connectivity index (χ1) is 8.25. The lowest BCUT2D eigenvalue weighted by molar-refractivity contribution is -0.122. The molecule has 1 fully saturated rings. The normalized spacial score (nSPS) is 19.2. The van der Waals surface area contributed by atoms with Crippen LogP contribution in [0.15, 0.2) is 28.7 Å². The van der Waals surface area contributed by atoms with Gasteiger partial charge in [-0.05, 0) is 43.5 Å². The fourth-order valence-corrected chi connectivity index (χ4v) is 2.28. The summed E-state index contributed by atoms with van der Waals surface area (Å²) in [5.74, 6) is 0.139. The topological polar surface area (TPSA) is 41.1 Å². The molecule has 1 unspecified atom stereocenters. The van der Waals surface area contributed by atoms with Crippen molar-refractivity contribution in [1.29, 1.82) is 0 Å². The minimum atomic E-state index is 0.0277. The number of carbonyl (C=O) groups excluding carboxylic acids is 1. The molecule has 0 radical (unpaired) electrons. The molecule has 17 heavy (non-hydrogen) atoms. The Morgan fingerprint density at radius 1 is 1.41 bits per heavy atom. The quantitative estimate of drug-likeness (QED) is 0.890. The van der Waals surface area contributed by atoms with Gasteiger partial charge in [-0.25, -0.2) is 0 Å². The third-order valence-electron chi connectivity index (χ3n) is 3.00. The van der Waals surface area contributed by atoms with Crippen molar-refractivity contribution in [1.82, 2.24) is 10.6 Å². The summed E-state index contributed by atoms with van der Waals surface area (Å²) in [5.41, 5.74) is 1.24. The number of benzene rings is 1. The molecule has 0 spiro atoms. The number of rotatable bonds is 4. The van der Waals surface area contributed by atoms with Crippen molar-refractivity contribution in [3.63, 3.8) is 0 Å². The highest BCUT2D eigenvalue weighted by Gasteiger charge is 2.20. The largest absolute Gasteiger partial charge is 0.354 e. The highest BCUT2D eigenvalue weighted by Crippen LogP contribution is 2.10. The molecule has 92 valence electrons. The SMILES string of the molecule is O=C(NCCc1ccc(Br)cc1)C1CCCN1. The maximum absolute atomic E-state index is 11.7. The molecule has 1 aromatic carbocycles. The molecule has 2 N–H and O–H groups in total. The van der Waals surface area contributed by atoms with Gasteiger partial charge in [-0.3, -0.25) is 4.79 Å². The Balaban J connectivity index is 1.72. The molecule has 0 aromatic heterocycles. The monoisotopic (exact) mass is 296 g/mol. The lowest BCUT2D eigenvalue weighted by Gasteiger charge is -2.10. The first kappa shape index (κ1) is 12.6. The van der Waals surface area contributed by atoms with E-state index >= 15 is 0 Å². The molecule has 1 amide bonds. The average Bonchev–Trinajstić information content (AvgIpc) is 2.85. The first-order valence-corrected chi connectivity index (χ1v) is 6.80. The van der Waals surface area contributed by atoms with E-state index in [0.29, 0.717) is 6.54 Å². The predicted molar refractivity (Wildman–Crippen MR) is 71.9 cm³/mol. The molecular formula is C13H17BrN2O. The maximum Gasteiger partial charge on any atom is 0.237 e. The lowest BCUT2D eigenvalue weighted by Crippen LogP contribution is -2.41. The summed E-state index contributed by atoms with van der Waals surface area (Å²) in [7, 11) is 0. The van der Waals surface area contributed by atoms with Crippen LogP contribution in [0.25, 0.3) is 0 Å². The van der Waals surface area contributed by atoms with E-state index in [-0.39, 0.29) is 11.9 Å². The minimum Gasteiger partial charge on any atom is -0.354 e. The van der Waals surface area contributed by atoms with Crippen LogP contribution >= 0.6 is 15.9 Å². The fraction of sp³-hybridized carbons (Fsp3) is 0.462. The zero-order valence-corrected chi connectivity index (χ0v) is 11.3. The number of nitrogens with one attached hydrogen (secondary N) is 2. The molecule has 0 saturated carbocycles. The van der Waals surface area contributed by atoms with Gasteiger partial charge in [-0.2, -0.15) is 0 Å². The molecule has 1 aliphatic heterocycles. The van der Waals surface area contributed by atoms with Gasteiger partial charge in [0.05, 0.1) is 6.04 Å². The Labute approximate surface area is 110 Å². The van der Waals surface area contributed by atoms with E-state index in [1.165, 1.54) is 5.56 Å². The van der Waals surface area contributed by atoms with Crippen LogP contribution < -0.4 is 10.6 Å². The number of carbonyl (C=O) groups is 1. The number of hydrogen-bond acceptors (Lipinski definition) is 2. The summed E-state index contributed by atoms with van der Waals surface area (Å²) in [5, 5.41) is 6.17. The van der Waals surface area contributed by atoms with Crippen molar-refractivity contribution in [3.8, 4) is 0 Å². The lowest BCUT2D eigenvalue weighted by atomic mass is 10.1. The molecule has 1 saturated heterocycles. The number of amides is 1. The molecule has 2 rings (SSSR count). The first-order valence-electron chi connectivity index (χ1n) is 6.01. The second-order valence-electron chi connectivity index (χ2n) is 4.32. The Morgan fingerprint density at radius 2 is 2.18 bits per heavy atom. The van der Waals surface area contributed by atoms with Crippen LogP contribution in [0, 0.1) is 0 Å². The van der Waals surface area contributed by atoms with E-state index in [1.54, 1.807) is 0 Å². The summed E-state index contributed by atoms with van der Waals surface area (Å²) in [6, 6.07) is 8.22. The molecule has 3 nitrogen and oxygen atoms in total. The third-order valence-corrected chi connectivity index (χ3v) is 3.53. The maximum atomic E-state index is 11.7. The van der Waals surface area contributed by atoms with Gasteiger partial charge in [0.15, 0.2) is 0 Å². The summed E-state index contributed by atoms with van der Waals surface area (Å²) >= 11 is 3.40. The zero-order chi connectivity index (χ0) is 12.1. The summed E-state index contributed by atoms with van der Waals surface area (Å²) < 4.78 is 1.08.